The molecule has 14 nitrogen and oxygen atoms in total. The molecule has 0 aromatic carbocycles. The van der Waals surface area contributed by atoms with E-state index in [0.29, 0.717) is 49.6 Å². The highest BCUT2D eigenvalue weighted by molar-refractivity contribution is 7.09. The summed E-state index contributed by atoms with van der Waals surface area (Å²) in [4.78, 5) is 38.8. The summed E-state index contributed by atoms with van der Waals surface area (Å²) in [5.41, 5.74) is 20.5. The second kappa shape index (κ2) is 14.5. The van der Waals surface area contributed by atoms with Gasteiger partial charge in [-0.05, 0) is 13.8 Å². The van der Waals surface area contributed by atoms with E-state index < -0.39 is 5.09 Å². The smallest absolute Gasteiger partial charge is 0.291 e. The van der Waals surface area contributed by atoms with Crippen molar-refractivity contribution < 1.29 is 29.2 Å². The van der Waals surface area contributed by atoms with Gasteiger partial charge in [0, 0.05) is 39.1 Å². The first-order valence-electron chi connectivity index (χ1n) is 12.2. The van der Waals surface area contributed by atoms with Gasteiger partial charge in [-0.2, -0.15) is 9.13 Å². The zero-order chi connectivity index (χ0) is 29.2. The van der Waals surface area contributed by atoms with Crippen molar-refractivity contribution in [2.24, 2.45) is 0 Å². The molecule has 40 heavy (non-hydrogen) atoms. The van der Waals surface area contributed by atoms with Crippen LogP contribution in [0, 0.1) is 37.8 Å². The van der Waals surface area contributed by atoms with Gasteiger partial charge in [-0.1, -0.05) is 22.7 Å². The molecule has 214 valence electrons. The second-order valence-corrected chi connectivity index (χ2v) is 10.6. The van der Waals surface area contributed by atoms with Gasteiger partial charge in [-0.3, -0.25) is 0 Å². The minimum absolute atomic E-state index is 0.493. The molecule has 0 amide bonds. The average Bonchev–Trinajstić information content (AvgIpc) is 3.41. The molecule has 0 spiro atoms. The number of hydrogen-bond acceptors (Lipinski definition) is 12. The molecule has 0 bridgehead atoms. The summed E-state index contributed by atoms with van der Waals surface area (Å²) < 4.78 is 4.33. The molecule has 4 aromatic rings. The van der Waals surface area contributed by atoms with Crippen molar-refractivity contribution in [3.05, 3.63) is 77.4 Å². The summed E-state index contributed by atoms with van der Waals surface area (Å²) in [5, 5.41) is 13.6. The molecular weight excluding hydrogens is 558 g/mol. The number of anilines is 2. The maximum Gasteiger partial charge on any atom is 0.291 e. The molecule has 0 aliphatic carbocycles. The van der Waals surface area contributed by atoms with Gasteiger partial charge in [0.15, 0.2) is 24.5 Å². The Bertz CT molecular complexity index is 1340. The van der Waals surface area contributed by atoms with Crippen molar-refractivity contribution in [2.75, 3.05) is 24.7 Å². The number of hydrogen-bond donors (Lipinski definition) is 3. The van der Waals surface area contributed by atoms with E-state index >= 15 is 0 Å². The van der Waals surface area contributed by atoms with Gasteiger partial charge in [-0.25, -0.2) is 29.7 Å². The van der Waals surface area contributed by atoms with Crippen LogP contribution in [-0.2, 0) is 35.7 Å². The van der Waals surface area contributed by atoms with Crippen molar-refractivity contribution in [1.29, 1.82) is 0 Å². The summed E-state index contributed by atoms with van der Waals surface area (Å²) in [5.74, 6) is 2.41. The van der Waals surface area contributed by atoms with Crippen LogP contribution in [-0.4, -0.2) is 43.4 Å². The van der Waals surface area contributed by atoms with Gasteiger partial charge < -0.3 is 16.7 Å². The average molecular weight is 592 g/mol. The zero-order valence-electron chi connectivity index (χ0n) is 22.7. The number of nitrogen functional groups attached to an aromatic ring is 2. The van der Waals surface area contributed by atoms with Gasteiger partial charge in [0.2, 0.25) is 11.0 Å². The van der Waals surface area contributed by atoms with Crippen LogP contribution in [0.4, 0.5) is 11.6 Å². The van der Waals surface area contributed by atoms with Crippen molar-refractivity contribution >= 4 is 34.3 Å². The van der Waals surface area contributed by atoms with E-state index in [1.54, 1.807) is 35.1 Å². The van der Waals surface area contributed by atoms with Crippen molar-refractivity contribution in [3.63, 3.8) is 0 Å². The number of rotatable bonds is 11. The molecule has 0 radical (unpaired) electrons. The monoisotopic (exact) mass is 591 g/mol. The summed E-state index contributed by atoms with van der Waals surface area (Å²) in [6, 6.07) is 0. The fraction of sp³-hybridized carbons (Fsp3) is 0.417. The van der Waals surface area contributed by atoms with Crippen LogP contribution in [0.3, 0.4) is 0 Å². The highest BCUT2D eigenvalue weighted by Crippen LogP contribution is 2.16. The first-order valence-corrected chi connectivity index (χ1v) is 14.0. The van der Waals surface area contributed by atoms with E-state index in [1.807, 2.05) is 13.8 Å². The van der Waals surface area contributed by atoms with Gasteiger partial charge >= 0.3 is 0 Å². The lowest BCUT2D eigenvalue weighted by Gasteiger charge is -2.04. The van der Waals surface area contributed by atoms with E-state index in [4.69, 9.17) is 36.6 Å². The van der Waals surface area contributed by atoms with Crippen LogP contribution in [0.15, 0.2) is 23.4 Å². The van der Waals surface area contributed by atoms with Crippen LogP contribution in [0.25, 0.3) is 0 Å². The molecule has 5 N–H and O–H groups in total. The second-order valence-electron chi connectivity index (χ2n) is 8.76. The first kappa shape index (κ1) is 30.7. The minimum atomic E-state index is -1.50. The third-order valence-electron chi connectivity index (χ3n) is 5.94. The predicted molar refractivity (Wildman–Crippen MR) is 147 cm³/mol. The molecule has 4 heterocycles. The number of nitrogens with two attached hydrogens (primary N) is 2. The Morgan fingerprint density at radius 2 is 1.23 bits per heavy atom. The molecule has 0 aliphatic rings. The fourth-order valence-electron chi connectivity index (χ4n) is 3.72. The fourth-order valence-corrected chi connectivity index (χ4v) is 5.67. The first-order chi connectivity index (χ1) is 19.0. The highest BCUT2D eigenvalue weighted by Gasteiger charge is 2.19. The van der Waals surface area contributed by atoms with E-state index in [2.05, 4.69) is 53.9 Å². The lowest BCUT2D eigenvalue weighted by Crippen LogP contribution is -2.35. The van der Waals surface area contributed by atoms with Crippen LogP contribution < -0.4 is 20.6 Å². The normalized spacial score (nSPS) is 10.8. The Morgan fingerprint density at radius 1 is 0.850 bits per heavy atom. The molecule has 4 rings (SSSR count). The molecule has 0 aliphatic heterocycles. The lowest BCUT2D eigenvalue weighted by atomic mass is 10.2. The number of aromatic nitrogens is 6. The van der Waals surface area contributed by atoms with Gasteiger partial charge in [0.05, 0.1) is 34.1 Å². The van der Waals surface area contributed by atoms with Crippen LogP contribution in [0.5, 0.6) is 0 Å². The van der Waals surface area contributed by atoms with Crippen LogP contribution >= 0.6 is 22.7 Å². The lowest BCUT2D eigenvalue weighted by molar-refractivity contribution is -0.742. The third kappa shape index (κ3) is 8.84. The molecule has 0 saturated heterocycles. The summed E-state index contributed by atoms with van der Waals surface area (Å²) in [6.07, 6.45) is 5.14. The Hall–Kier alpha value is -3.86. The Balaban J connectivity index is 0.00000103. The van der Waals surface area contributed by atoms with Crippen molar-refractivity contribution in [2.45, 2.75) is 53.6 Å². The van der Waals surface area contributed by atoms with E-state index in [1.165, 1.54) is 21.1 Å². The van der Waals surface area contributed by atoms with Gasteiger partial charge in [0.1, 0.15) is 23.3 Å². The van der Waals surface area contributed by atoms with E-state index in [9.17, 15) is 0 Å². The van der Waals surface area contributed by atoms with Crippen molar-refractivity contribution in [3.8, 4) is 0 Å². The third-order valence-corrected chi connectivity index (χ3v) is 8.23. The summed E-state index contributed by atoms with van der Waals surface area (Å²) in [6.45, 7) is 10.2. The molecule has 0 saturated carbocycles. The Labute approximate surface area is 239 Å². The van der Waals surface area contributed by atoms with Gasteiger partial charge in [0.25, 0.3) is 5.09 Å². The maximum absolute atomic E-state index is 8.36. The molecular formula is C24H33N9O5S2+2. The summed E-state index contributed by atoms with van der Waals surface area (Å²) >= 11 is 3.40. The molecule has 0 fully saturated rings. The van der Waals surface area contributed by atoms with Crippen LogP contribution in [0.2, 0.25) is 0 Å². The Kier molecular flexibility index (Phi) is 11.1. The zero-order valence-corrected chi connectivity index (χ0v) is 24.4. The predicted octanol–water partition coefficient (Wildman–Crippen LogP) is 1.84. The Morgan fingerprint density at radius 3 is 1.57 bits per heavy atom. The number of nitrogens with zero attached hydrogens (tertiary/aromatic N) is 7. The molecule has 4 aromatic heterocycles. The topological polar surface area (TPSA) is 193 Å². The van der Waals surface area contributed by atoms with Crippen LogP contribution in [0.1, 0.15) is 43.9 Å². The number of aryl methyl sites for hydroxylation is 2. The maximum atomic E-state index is 8.36. The standard InChI is InChI=1S/C24H32N8O2S2.HNO3/c1-15-21(35-13-31(15)11-19-9-27-17(3)29-23(19)25)5-7-33-34-8-6-22-16(2)32(14-36-22)12-20-10-28-18(4)30-24(20)26;2-1(3)4/h9-10,13-14H,5-8,11-12H2,1-4H3,(H2,25,27,29)(H2,26,28,30);(H,2,3,4)/q+2;. The van der Waals surface area contributed by atoms with E-state index in [-0.39, 0.29) is 0 Å². The number of thiazole rings is 2. The van der Waals surface area contributed by atoms with Gasteiger partial charge in [-0.15, -0.1) is 10.1 Å². The largest absolute Gasteiger partial charge is 0.383 e. The molecule has 0 atom stereocenters. The minimum Gasteiger partial charge on any atom is -0.383 e. The quantitative estimate of drug-likeness (QED) is 0.0757. The molecule has 0 unspecified atom stereocenters. The summed E-state index contributed by atoms with van der Waals surface area (Å²) in [7, 11) is 0. The van der Waals surface area contributed by atoms with Crippen molar-refractivity contribution in [1.82, 2.24) is 19.9 Å². The van der Waals surface area contributed by atoms with E-state index in [0.717, 1.165) is 24.0 Å². The molecule has 16 heteroatoms. The SMILES string of the molecule is Cc1ncc(C[n+]2csc(CCOOCCc3sc[n+](Cc4cnc(C)nc4N)c3C)c2C)c(N)n1.O=[N+]([O-])O. The highest BCUT2D eigenvalue weighted by atomic mass is 32.1.